The van der Waals surface area contributed by atoms with Gasteiger partial charge in [0.05, 0.1) is 7.11 Å². The van der Waals surface area contributed by atoms with Crippen LogP contribution in [0, 0.1) is 10.8 Å². The quantitative estimate of drug-likeness (QED) is 0.660. The molecular weight excluding hydrogens is 326 g/mol. The van der Waals surface area contributed by atoms with Crippen molar-refractivity contribution in [1.82, 2.24) is 4.90 Å². The van der Waals surface area contributed by atoms with Crippen molar-refractivity contribution in [2.75, 3.05) is 7.11 Å². The van der Waals surface area contributed by atoms with Gasteiger partial charge in [-0.3, -0.25) is 4.90 Å². The number of amides is 1. The van der Waals surface area contributed by atoms with Gasteiger partial charge >= 0.3 is 6.09 Å². The van der Waals surface area contributed by atoms with E-state index >= 15 is 0 Å². The summed E-state index contributed by atoms with van der Waals surface area (Å²) < 4.78 is 10.7. The second kappa shape index (κ2) is 7.40. The summed E-state index contributed by atoms with van der Waals surface area (Å²) in [6, 6.07) is 6.97. The maximum absolute atomic E-state index is 12.8. The molecule has 0 N–H and O–H groups in total. The lowest BCUT2D eigenvalue weighted by atomic mass is 9.86. The van der Waals surface area contributed by atoms with Crippen LogP contribution in [0.4, 0.5) is 4.79 Å². The topological polar surface area (TPSA) is 38.8 Å². The van der Waals surface area contributed by atoms with E-state index in [9.17, 15) is 4.79 Å². The van der Waals surface area contributed by atoms with Gasteiger partial charge in [-0.05, 0) is 47.4 Å². The van der Waals surface area contributed by atoms with Crippen LogP contribution in [0.3, 0.4) is 0 Å². The normalized spacial score (nSPS) is 15.1. The molecule has 0 fully saturated rings. The minimum atomic E-state index is -0.434. The van der Waals surface area contributed by atoms with Crippen LogP contribution in [0.2, 0.25) is 0 Å². The fourth-order valence-electron chi connectivity index (χ4n) is 2.60. The van der Waals surface area contributed by atoms with E-state index in [1.165, 1.54) is 0 Å². The number of nitrogens with zero attached hydrogens (tertiary/aromatic N) is 1. The Bertz CT molecular complexity index is 741. The smallest absolute Gasteiger partial charge is 0.423 e. The van der Waals surface area contributed by atoms with Crippen LogP contribution in [-0.2, 0) is 0 Å². The number of ether oxygens (including phenoxy) is 2. The van der Waals surface area contributed by atoms with Gasteiger partial charge in [0.1, 0.15) is 11.5 Å². The van der Waals surface area contributed by atoms with E-state index in [2.05, 4.69) is 47.6 Å². The summed E-state index contributed by atoms with van der Waals surface area (Å²) in [5.74, 6) is 1.19. The molecule has 26 heavy (non-hydrogen) atoms. The minimum Gasteiger partial charge on any atom is -0.497 e. The second-order valence-electron chi connectivity index (χ2n) is 8.40. The molecule has 1 aromatic rings. The summed E-state index contributed by atoms with van der Waals surface area (Å²) >= 11 is 0. The third-order valence-electron chi connectivity index (χ3n) is 4.18. The van der Waals surface area contributed by atoms with Crippen LogP contribution in [0.15, 0.2) is 60.0 Å². The molecule has 0 unspecified atom stereocenters. The SMILES string of the molecule is COc1ccc(OC(=O)N2C=CC(C(C)(C)C)=CC=C2C(C)(C)C)cc1. The molecule has 0 radical (unpaired) electrons. The van der Waals surface area contributed by atoms with E-state index in [0.29, 0.717) is 11.5 Å². The number of hydrogen-bond donors (Lipinski definition) is 0. The van der Waals surface area contributed by atoms with Crippen LogP contribution in [0.1, 0.15) is 41.5 Å². The van der Waals surface area contributed by atoms with E-state index in [1.54, 1.807) is 42.5 Å². The highest BCUT2D eigenvalue weighted by molar-refractivity contribution is 5.75. The third-order valence-corrected chi connectivity index (χ3v) is 4.18. The van der Waals surface area contributed by atoms with E-state index in [-0.39, 0.29) is 10.8 Å². The van der Waals surface area contributed by atoms with Crippen LogP contribution >= 0.6 is 0 Å². The molecule has 1 heterocycles. The average Bonchev–Trinajstić information content (AvgIpc) is 2.78. The summed E-state index contributed by atoms with van der Waals surface area (Å²) in [5, 5.41) is 0. The molecule has 0 aromatic heterocycles. The lowest BCUT2D eigenvalue weighted by molar-refractivity contribution is 0.171. The standard InChI is InChI=1S/C22H29NO3/c1-21(2,3)16-8-13-19(22(4,5)6)23(15-14-16)20(24)26-18-11-9-17(25-7)10-12-18/h8-15H,1-7H3. The summed E-state index contributed by atoms with van der Waals surface area (Å²) in [6.07, 6.45) is 7.43. The highest BCUT2D eigenvalue weighted by Gasteiger charge is 2.29. The first kappa shape index (κ1) is 19.8. The Morgan fingerprint density at radius 1 is 0.885 bits per heavy atom. The molecule has 1 aromatic carbocycles. The fraction of sp³-hybridized carbons (Fsp3) is 0.409. The first-order valence-corrected chi connectivity index (χ1v) is 8.78. The predicted octanol–water partition coefficient (Wildman–Crippen LogP) is 5.93. The van der Waals surface area contributed by atoms with E-state index in [1.807, 2.05) is 12.2 Å². The number of rotatable bonds is 2. The zero-order valence-corrected chi connectivity index (χ0v) is 16.8. The number of carbonyl (C=O) groups is 1. The monoisotopic (exact) mass is 355 g/mol. The summed E-state index contributed by atoms with van der Waals surface area (Å²) in [4.78, 5) is 14.4. The molecule has 1 aliphatic heterocycles. The van der Waals surface area contributed by atoms with Crippen molar-refractivity contribution in [1.29, 1.82) is 0 Å². The molecular formula is C22H29NO3. The highest BCUT2D eigenvalue weighted by atomic mass is 16.6. The first-order chi connectivity index (χ1) is 12.0. The molecule has 140 valence electrons. The van der Waals surface area contributed by atoms with E-state index in [4.69, 9.17) is 9.47 Å². The fourth-order valence-corrected chi connectivity index (χ4v) is 2.60. The summed E-state index contributed by atoms with van der Waals surface area (Å²) in [7, 11) is 1.60. The van der Waals surface area contributed by atoms with Crippen molar-refractivity contribution >= 4 is 6.09 Å². The van der Waals surface area contributed by atoms with Crippen molar-refractivity contribution in [2.45, 2.75) is 41.5 Å². The summed E-state index contributed by atoms with van der Waals surface area (Å²) in [5.41, 5.74) is 1.81. The Balaban J connectivity index is 2.31. The van der Waals surface area contributed by atoms with E-state index < -0.39 is 6.09 Å². The highest BCUT2D eigenvalue weighted by Crippen LogP contribution is 2.34. The Morgan fingerprint density at radius 3 is 1.96 bits per heavy atom. The first-order valence-electron chi connectivity index (χ1n) is 8.78. The van der Waals surface area contributed by atoms with Gasteiger partial charge in [0.2, 0.25) is 0 Å². The molecule has 0 bridgehead atoms. The van der Waals surface area contributed by atoms with Gasteiger partial charge in [-0.1, -0.05) is 47.6 Å². The third kappa shape index (κ3) is 4.78. The average molecular weight is 355 g/mol. The summed E-state index contributed by atoms with van der Waals surface area (Å²) in [6.45, 7) is 12.7. The molecule has 1 amide bonds. The Kier molecular flexibility index (Phi) is 5.65. The van der Waals surface area contributed by atoms with Crippen LogP contribution < -0.4 is 9.47 Å². The zero-order chi connectivity index (χ0) is 19.5. The van der Waals surface area contributed by atoms with Gasteiger partial charge in [-0.25, -0.2) is 4.79 Å². The van der Waals surface area contributed by atoms with Gasteiger partial charge in [0.25, 0.3) is 0 Å². The molecule has 4 heteroatoms. The van der Waals surface area contributed by atoms with E-state index in [0.717, 1.165) is 11.3 Å². The lowest BCUT2D eigenvalue weighted by Crippen LogP contribution is -2.33. The number of methoxy groups -OCH3 is 1. The van der Waals surface area contributed by atoms with Gasteiger partial charge in [-0.15, -0.1) is 0 Å². The van der Waals surface area contributed by atoms with Crippen molar-refractivity contribution in [3.63, 3.8) is 0 Å². The maximum Gasteiger partial charge on any atom is 0.423 e. The number of benzene rings is 1. The molecule has 0 atom stereocenters. The number of allylic oxidation sites excluding steroid dienone is 5. The van der Waals surface area contributed by atoms with Crippen molar-refractivity contribution < 1.29 is 14.3 Å². The largest absolute Gasteiger partial charge is 0.497 e. The van der Waals surface area contributed by atoms with Gasteiger partial charge in [0.15, 0.2) is 0 Å². The molecule has 0 saturated heterocycles. The maximum atomic E-state index is 12.8. The van der Waals surface area contributed by atoms with Crippen molar-refractivity contribution in [3.8, 4) is 11.5 Å². The molecule has 0 saturated carbocycles. The second-order valence-corrected chi connectivity index (χ2v) is 8.40. The molecule has 0 aliphatic carbocycles. The number of carbonyl (C=O) groups excluding carboxylic acids is 1. The minimum absolute atomic E-state index is 0.00804. The molecule has 0 spiro atoms. The molecule has 4 nitrogen and oxygen atoms in total. The predicted molar refractivity (Wildman–Crippen MR) is 105 cm³/mol. The van der Waals surface area contributed by atoms with Crippen molar-refractivity contribution in [2.24, 2.45) is 10.8 Å². The lowest BCUT2D eigenvalue weighted by Gasteiger charge is -2.30. The van der Waals surface area contributed by atoms with Crippen LogP contribution in [0.5, 0.6) is 11.5 Å². The van der Waals surface area contributed by atoms with Crippen molar-refractivity contribution in [3.05, 3.63) is 60.0 Å². The van der Waals surface area contributed by atoms with Crippen LogP contribution in [-0.4, -0.2) is 18.1 Å². The van der Waals surface area contributed by atoms with Gasteiger partial charge in [-0.2, -0.15) is 0 Å². The van der Waals surface area contributed by atoms with Gasteiger partial charge < -0.3 is 9.47 Å². The Labute approximate surface area is 156 Å². The molecule has 1 aliphatic rings. The zero-order valence-electron chi connectivity index (χ0n) is 16.8. The Morgan fingerprint density at radius 2 is 1.46 bits per heavy atom. The van der Waals surface area contributed by atoms with Crippen LogP contribution in [0.25, 0.3) is 0 Å². The molecule has 2 rings (SSSR count). The van der Waals surface area contributed by atoms with Gasteiger partial charge in [0, 0.05) is 17.3 Å². The Hall–Kier alpha value is -2.49. The number of hydrogen-bond acceptors (Lipinski definition) is 3.